The smallest absolute Gasteiger partial charge is 0.333 e. The summed E-state index contributed by atoms with van der Waals surface area (Å²) in [5, 5.41) is 8.40. The zero-order valence-electron chi connectivity index (χ0n) is 20.9. The zero-order valence-corrected chi connectivity index (χ0v) is 21.7. The van der Waals surface area contributed by atoms with Crippen LogP contribution in [0.15, 0.2) is 75.8 Å². The lowest BCUT2D eigenvalue weighted by Gasteiger charge is -2.09. The molecule has 0 bridgehead atoms. The summed E-state index contributed by atoms with van der Waals surface area (Å²) in [6.07, 6.45) is 4.53. The van der Waals surface area contributed by atoms with Crippen LogP contribution in [0.25, 0.3) is 0 Å². The molecule has 0 aliphatic heterocycles. The molecule has 0 unspecified atom stereocenters. The van der Waals surface area contributed by atoms with E-state index in [1.165, 1.54) is 0 Å². The highest BCUT2D eigenvalue weighted by Crippen LogP contribution is 2.23. The van der Waals surface area contributed by atoms with Gasteiger partial charge in [0.2, 0.25) is 0 Å². The molecule has 8 heteroatoms. The van der Waals surface area contributed by atoms with Crippen molar-refractivity contribution < 1.29 is 22.7 Å². The fourth-order valence-electron chi connectivity index (χ4n) is 3.07. The van der Waals surface area contributed by atoms with Gasteiger partial charge in [-0.3, -0.25) is 0 Å². The molecule has 2 rings (SSSR count). The van der Waals surface area contributed by atoms with Crippen LogP contribution in [0.5, 0.6) is 5.75 Å². The standard InChI is InChI=1S/C27H36N2O5S/c1-5-22(4)20-35(31,32)26-16-12-24(13-17-26)29-28-23-10-14-25(15-11-23)33-18-8-6-7-9-19-34-27(30)21(2)3/h10-17,22H,2,5-9,18-20H2,1,3-4H3/t22-/m1/s1. The van der Waals surface area contributed by atoms with Gasteiger partial charge in [-0.25, -0.2) is 13.2 Å². The molecule has 0 fully saturated rings. The Kier molecular flexibility index (Phi) is 11.6. The molecule has 0 saturated heterocycles. The summed E-state index contributed by atoms with van der Waals surface area (Å²) in [6.45, 7) is 10.1. The fourth-order valence-corrected chi connectivity index (χ4v) is 4.80. The number of azo groups is 1. The first-order chi connectivity index (χ1) is 16.7. The minimum atomic E-state index is -3.29. The van der Waals surface area contributed by atoms with Crippen molar-refractivity contribution in [1.29, 1.82) is 0 Å². The van der Waals surface area contributed by atoms with Gasteiger partial charge in [0.05, 0.1) is 35.2 Å². The van der Waals surface area contributed by atoms with Crippen molar-refractivity contribution in [1.82, 2.24) is 0 Å². The number of carbonyl (C=O) groups excluding carboxylic acids is 1. The lowest BCUT2D eigenvalue weighted by atomic mass is 10.2. The van der Waals surface area contributed by atoms with Gasteiger partial charge in [-0.05, 0) is 87.1 Å². The van der Waals surface area contributed by atoms with Crippen LogP contribution in [0.4, 0.5) is 11.4 Å². The second kappa shape index (κ2) is 14.4. The van der Waals surface area contributed by atoms with E-state index in [1.54, 1.807) is 31.2 Å². The Labute approximate surface area is 209 Å². The first-order valence-corrected chi connectivity index (χ1v) is 13.7. The number of carbonyl (C=O) groups is 1. The highest BCUT2D eigenvalue weighted by atomic mass is 32.2. The molecule has 2 aromatic carbocycles. The molecule has 190 valence electrons. The number of benzene rings is 2. The van der Waals surface area contributed by atoms with Crippen molar-refractivity contribution in [3.05, 3.63) is 60.7 Å². The van der Waals surface area contributed by atoms with Crippen LogP contribution in [-0.4, -0.2) is 33.4 Å². The predicted molar refractivity (Wildman–Crippen MR) is 138 cm³/mol. The number of nitrogens with zero attached hydrogens (tertiary/aromatic N) is 2. The van der Waals surface area contributed by atoms with E-state index in [2.05, 4.69) is 16.8 Å². The SMILES string of the molecule is C=C(C)C(=O)OCCCCCCOc1ccc(N=Nc2ccc(S(=O)(=O)C[C@H](C)CC)cc2)cc1. The van der Waals surface area contributed by atoms with Gasteiger partial charge in [-0.1, -0.05) is 26.8 Å². The van der Waals surface area contributed by atoms with Crippen LogP contribution in [0, 0.1) is 5.92 Å². The molecule has 7 nitrogen and oxygen atoms in total. The number of hydrogen-bond acceptors (Lipinski definition) is 7. The summed E-state index contributed by atoms with van der Waals surface area (Å²) in [5.74, 6) is 0.690. The Bertz CT molecular complexity index is 1080. The molecule has 0 amide bonds. The van der Waals surface area contributed by atoms with Gasteiger partial charge in [0, 0.05) is 5.57 Å². The Balaban J connectivity index is 1.72. The lowest BCUT2D eigenvalue weighted by molar-refractivity contribution is -0.139. The number of esters is 1. The highest BCUT2D eigenvalue weighted by Gasteiger charge is 2.17. The Morgan fingerprint density at radius 1 is 0.914 bits per heavy atom. The minimum absolute atomic E-state index is 0.122. The average molecular weight is 501 g/mol. The van der Waals surface area contributed by atoms with Crippen LogP contribution in [-0.2, 0) is 19.4 Å². The fraction of sp³-hybridized carbons (Fsp3) is 0.444. The highest BCUT2D eigenvalue weighted by molar-refractivity contribution is 7.91. The van der Waals surface area contributed by atoms with Crippen LogP contribution < -0.4 is 4.74 Å². The van der Waals surface area contributed by atoms with Gasteiger partial charge in [0.25, 0.3) is 0 Å². The van der Waals surface area contributed by atoms with Crippen molar-refractivity contribution in [3.63, 3.8) is 0 Å². The number of unbranched alkanes of at least 4 members (excludes halogenated alkanes) is 3. The number of hydrogen-bond donors (Lipinski definition) is 0. The van der Waals surface area contributed by atoms with E-state index in [9.17, 15) is 13.2 Å². The molecule has 0 aliphatic rings. The summed E-state index contributed by atoms with van der Waals surface area (Å²) in [4.78, 5) is 11.6. The molecule has 0 aromatic heterocycles. The minimum Gasteiger partial charge on any atom is -0.494 e. The summed E-state index contributed by atoms with van der Waals surface area (Å²) in [7, 11) is -3.29. The predicted octanol–water partition coefficient (Wildman–Crippen LogP) is 6.98. The molecule has 0 radical (unpaired) electrons. The van der Waals surface area contributed by atoms with E-state index < -0.39 is 9.84 Å². The molecule has 0 saturated carbocycles. The van der Waals surface area contributed by atoms with Gasteiger partial charge in [0.1, 0.15) is 5.75 Å². The van der Waals surface area contributed by atoms with Crippen LogP contribution in [0.1, 0.15) is 52.9 Å². The topological polar surface area (TPSA) is 94.4 Å². The number of ether oxygens (including phenoxy) is 2. The summed E-state index contributed by atoms with van der Waals surface area (Å²) in [5.41, 5.74) is 1.68. The summed E-state index contributed by atoms with van der Waals surface area (Å²) >= 11 is 0. The molecule has 0 N–H and O–H groups in total. The van der Waals surface area contributed by atoms with E-state index in [0.29, 0.717) is 35.1 Å². The van der Waals surface area contributed by atoms with Crippen LogP contribution >= 0.6 is 0 Å². The van der Waals surface area contributed by atoms with Crippen molar-refractivity contribution in [3.8, 4) is 5.75 Å². The monoisotopic (exact) mass is 500 g/mol. The molecule has 0 heterocycles. The normalized spacial score (nSPS) is 12.4. The first-order valence-electron chi connectivity index (χ1n) is 12.0. The third kappa shape index (κ3) is 10.4. The second-order valence-electron chi connectivity index (χ2n) is 8.66. The average Bonchev–Trinajstić information content (AvgIpc) is 2.84. The van der Waals surface area contributed by atoms with E-state index in [-0.39, 0.29) is 17.6 Å². The molecule has 35 heavy (non-hydrogen) atoms. The van der Waals surface area contributed by atoms with Crippen LogP contribution in [0.3, 0.4) is 0 Å². The molecule has 2 aromatic rings. The third-order valence-electron chi connectivity index (χ3n) is 5.40. The molecule has 1 atom stereocenters. The number of rotatable bonds is 15. The van der Waals surface area contributed by atoms with Crippen molar-refractivity contribution in [2.45, 2.75) is 57.8 Å². The molecule has 0 aliphatic carbocycles. The number of sulfone groups is 1. The molecule has 0 spiro atoms. The van der Waals surface area contributed by atoms with E-state index in [0.717, 1.165) is 37.9 Å². The third-order valence-corrected chi connectivity index (χ3v) is 7.40. The van der Waals surface area contributed by atoms with E-state index >= 15 is 0 Å². The zero-order chi connectivity index (χ0) is 25.7. The van der Waals surface area contributed by atoms with E-state index in [1.807, 2.05) is 38.1 Å². The van der Waals surface area contributed by atoms with Crippen molar-refractivity contribution in [2.75, 3.05) is 19.0 Å². The Morgan fingerprint density at radius 2 is 1.46 bits per heavy atom. The van der Waals surface area contributed by atoms with Gasteiger partial charge in [-0.2, -0.15) is 10.2 Å². The van der Waals surface area contributed by atoms with Gasteiger partial charge < -0.3 is 9.47 Å². The first kappa shape index (κ1) is 28.2. The van der Waals surface area contributed by atoms with Gasteiger partial charge >= 0.3 is 5.97 Å². The van der Waals surface area contributed by atoms with Gasteiger partial charge in [0.15, 0.2) is 9.84 Å². The maximum Gasteiger partial charge on any atom is 0.333 e. The lowest BCUT2D eigenvalue weighted by Crippen LogP contribution is -2.13. The maximum atomic E-state index is 12.4. The van der Waals surface area contributed by atoms with Crippen molar-refractivity contribution >= 4 is 27.2 Å². The van der Waals surface area contributed by atoms with Crippen LogP contribution in [0.2, 0.25) is 0 Å². The quantitative estimate of drug-likeness (QED) is 0.114. The second-order valence-corrected chi connectivity index (χ2v) is 10.7. The molecular weight excluding hydrogens is 464 g/mol. The summed E-state index contributed by atoms with van der Waals surface area (Å²) in [6, 6.07) is 13.8. The summed E-state index contributed by atoms with van der Waals surface area (Å²) < 4.78 is 35.7. The Morgan fingerprint density at radius 3 is 2.00 bits per heavy atom. The van der Waals surface area contributed by atoms with Gasteiger partial charge in [-0.15, -0.1) is 0 Å². The largest absolute Gasteiger partial charge is 0.494 e. The van der Waals surface area contributed by atoms with E-state index in [4.69, 9.17) is 9.47 Å². The van der Waals surface area contributed by atoms with Crippen molar-refractivity contribution in [2.24, 2.45) is 16.1 Å². The Hall–Kier alpha value is -3.00. The molecular formula is C27H36N2O5S. The maximum absolute atomic E-state index is 12.4.